The SMILES string of the molecule is CCC(C)CCCCCCCCCCCCCCCCCCCCC(=O)O[C@H](COC(=O)CCCCCCCCCC(C)C)COP(=O)(O)OC[C@@H](O)COP(=O)(O)OC[C@@H](COC(=O)CCCCCCCCC(C)CC)OC(=O)CCCCCCCCCCCCCCCCCCC(C)C. The first kappa shape index (κ1) is 99.1. The predicted molar refractivity (Wildman–Crippen MR) is 414 cm³/mol. The Labute approximate surface area is 619 Å². The van der Waals surface area contributed by atoms with E-state index in [0.717, 1.165) is 120 Å². The van der Waals surface area contributed by atoms with E-state index in [-0.39, 0.29) is 25.7 Å². The number of aliphatic hydroxyl groups excluding tert-OH is 1. The summed E-state index contributed by atoms with van der Waals surface area (Å²) in [4.78, 5) is 73.0. The normalized spacial score (nSPS) is 14.5. The van der Waals surface area contributed by atoms with Gasteiger partial charge in [0.15, 0.2) is 12.2 Å². The first-order valence-corrected chi connectivity index (χ1v) is 45.3. The van der Waals surface area contributed by atoms with Crippen LogP contribution in [0.25, 0.3) is 0 Å². The molecular weight excluding hydrogens is 1320 g/mol. The molecule has 4 unspecified atom stereocenters. The van der Waals surface area contributed by atoms with Crippen molar-refractivity contribution >= 4 is 39.5 Å². The maximum atomic E-state index is 13.1. The molecule has 0 fully saturated rings. The van der Waals surface area contributed by atoms with Crippen LogP contribution in [0.4, 0.5) is 0 Å². The first-order chi connectivity index (χ1) is 48.7. The van der Waals surface area contributed by atoms with Gasteiger partial charge >= 0.3 is 39.5 Å². The zero-order valence-corrected chi connectivity index (χ0v) is 68.3. The summed E-state index contributed by atoms with van der Waals surface area (Å²) in [6.07, 6.45) is 58.5. The van der Waals surface area contributed by atoms with Crippen molar-refractivity contribution in [1.82, 2.24) is 0 Å². The van der Waals surface area contributed by atoms with E-state index in [4.69, 9.17) is 37.0 Å². The Morgan fingerprint density at radius 1 is 0.277 bits per heavy atom. The van der Waals surface area contributed by atoms with Gasteiger partial charge in [0.05, 0.1) is 26.4 Å². The fourth-order valence-electron chi connectivity index (χ4n) is 12.5. The lowest BCUT2D eigenvalue weighted by Crippen LogP contribution is -2.30. The van der Waals surface area contributed by atoms with Gasteiger partial charge in [0.2, 0.25) is 0 Å². The molecule has 0 bridgehead atoms. The van der Waals surface area contributed by atoms with Gasteiger partial charge in [-0.2, -0.15) is 0 Å². The molecular formula is C82H160O17P2. The van der Waals surface area contributed by atoms with E-state index in [1.165, 1.54) is 212 Å². The number of hydrogen-bond donors (Lipinski definition) is 3. The number of hydrogen-bond acceptors (Lipinski definition) is 15. The number of phosphoric acid groups is 2. The average molecular weight is 1480 g/mol. The molecule has 0 heterocycles. The molecule has 600 valence electrons. The summed E-state index contributed by atoms with van der Waals surface area (Å²) in [6, 6.07) is 0. The van der Waals surface area contributed by atoms with Crippen LogP contribution in [0.15, 0.2) is 0 Å². The fraction of sp³-hybridized carbons (Fsp3) is 0.951. The van der Waals surface area contributed by atoms with Gasteiger partial charge in [0.1, 0.15) is 19.3 Å². The van der Waals surface area contributed by atoms with Crippen molar-refractivity contribution in [3.8, 4) is 0 Å². The summed E-state index contributed by atoms with van der Waals surface area (Å²) in [6.45, 7) is 14.2. The molecule has 0 aromatic heterocycles. The van der Waals surface area contributed by atoms with Gasteiger partial charge < -0.3 is 33.8 Å². The molecule has 0 saturated carbocycles. The van der Waals surface area contributed by atoms with E-state index >= 15 is 0 Å². The molecule has 0 aliphatic heterocycles. The summed E-state index contributed by atoms with van der Waals surface area (Å²) in [7, 11) is -9.92. The molecule has 3 N–H and O–H groups in total. The van der Waals surface area contributed by atoms with Gasteiger partial charge in [-0.25, -0.2) is 9.13 Å². The zero-order chi connectivity index (χ0) is 74.6. The van der Waals surface area contributed by atoms with Gasteiger partial charge in [-0.05, 0) is 49.4 Å². The van der Waals surface area contributed by atoms with E-state index in [0.29, 0.717) is 31.6 Å². The molecule has 17 nitrogen and oxygen atoms in total. The van der Waals surface area contributed by atoms with Crippen LogP contribution in [0.3, 0.4) is 0 Å². The second kappa shape index (κ2) is 71.0. The molecule has 7 atom stereocenters. The summed E-state index contributed by atoms with van der Waals surface area (Å²) in [5.41, 5.74) is 0. The number of phosphoric ester groups is 2. The third-order valence-electron chi connectivity index (χ3n) is 19.8. The average Bonchev–Trinajstić information content (AvgIpc) is 0.939. The highest BCUT2D eigenvalue weighted by Gasteiger charge is 2.30. The Morgan fingerprint density at radius 3 is 0.703 bits per heavy atom. The lowest BCUT2D eigenvalue weighted by atomic mass is 9.99. The highest BCUT2D eigenvalue weighted by atomic mass is 31.2. The van der Waals surface area contributed by atoms with Gasteiger partial charge in [0.25, 0.3) is 0 Å². The number of ether oxygens (including phenoxy) is 4. The van der Waals surface area contributed by atoms with E-state index in [1.54, 1.807) is 0 Å². The number of unbranched alkanes of at least 4 members (excludes halogenated alkanes) is 43. The van der Waals surface area contributed by atoms with Crippen LogP contribution >= 0.6 is 15.6 Å². The maximum absolute atomic E-state index is 13.1. The number of carbonyl (C=O) groups excluding carboxylic acids is 4. The monoisotopic (exact) mass is 1480 g/mol. The van der Waals surface area contributed by atoms with Gasteiger partial charge in [-0.3, -0.25) is 37.3 Å². The number of aliphatic hydroxyl groups is 1. The highest BCUT2D eigenvalue weighted by molar-refractivity contribution is 7.47. The van der Waals surface area contributed by atoms with Crippen molar-refractivity contribution < 1.29 is 80.2 Å². The molecule has 0 amide bonds. The van der Waals surface area contributed by atoms with Crippen molar-refractivity contribution in [3.05, 3.63) is 0 Å². The van der Waals surface area contributed by atoms with Crippen molar-refractivity contribution in [2.75, 3.05) is 39.6 Å². The van der Waals surface area contributed by atoms with Crippen molar-refractivity contribution in [3.63, 3.8) is 0 Å². The van der Waals surface area contributed by atoms with Crippen LogP contribution < -0.4 is 0 Å². The Morgan fingerprint density at radius 2 is 0.475 bits per heavy atom. The Hall–Kier alpha value is -1.94. The second-order valence-corrected chi connectivity index (χ2v) is 33.9. The summed E-state index contributed by atoms with van der Waals surface area (Å²) < 4.78 is 68.7. The topological polar surface area (TPSA) is 237 Å². The van der Waals surface area contributed by atoms with Crippen LogP contribution in [-0.4, -0.2) is 96.7 Å². The van der Waals surface area contributed by atoms with Gasteiger partial charge in [-0.15, -0.1) is 0 Å². The van der Waals surface area contributed by atoms with Gasteiger partial charge in [0, 0.05) is 25.7 Å². The second-order valence-electron chi connectivity index (χ2n) is 31.0. The molecule has 0 radical (unpaired) electrons. The molecule has 0 aromatic rings. The Bertz CT molecular complexity index is 1980. The minimum absolute atomic E-state index is 0.107. The van der Waals surface area contributed by atoms with Crippen molar-refractivity contribution in [2.24, 2.45) is 23.7 Å². The minimum atomic E-state index is -4.96. The number of esters is 4. The molecule has 0 aliphatic carbocycles. The quantitative estimate of drug-likeness (QED) is 0.0222. The summed E-state index contributed by atoms with van der Waals surface area (Å²) in [5, 5.41) is 10.6. The Kier molecular flexibility index (Phi) is 69.6. The summed E-state index contributed by atoms with van der Waals surface area (Å²) >= 11 is 0. The van der Waals surface area contributed by atoms with Crippen LogP contribution in [0.1, 0.15) is 421 Å². The molecule has 0 saturated heterocycles. The predicted octanol–water partition coefficient (Wildman–Crippen LogP) is 24.4. The lowest BCUT2D eigenvalue weighted by molar-refractivity contribution is -0.161. The molecule has 19 heteroatoms. The van der Waals surface area contributed by atoms with Crippen LogP contribution in [0, 0.1) is 23.7 Å². The van der Waals surface area contributed by atoms with Crippen LogP contribution in [0.5, 0.6) is 0 Å². The zero-order valence-electron chi connectivity index (χ0n) is 66.5. The van der Waals surface area contributed by atoms with Crippen LogP contribution in [0.2, 0.25) is 0 Å². The van der Waals surface area contributed by atoms with Crippen molar-refractivity contribution in [1.29, 1.82) is 0 Å². The number of carbonyl (C=O) groups is 4. The smallest absolute Gasteiger partial charge is 0.462 e. The third kappa shape index (κ3) is 73.4. The highest BCUT2D eigenvalue weighted by Crippen LogP contribution is 2.45. The number of rotatable bonds is 79. The molecule has 0 spiro atoms. The Balaban J connectivity index is 5.15. The van der Waals surface area contributed by atoms with E-state index in [1.807, 2.05) is 0 Å². The summed E-state index contributed by atoms with van der Waals surface area (Å²) in [5.74, 6) is 0.999. The standard InChI is InChI=1S/C82H160O17P2/c1-9-74(7)60-52-44-36-30-26-22-18-13-11-12-14-19-23-27-31-37-48-56-64-81(86)98-77(68-92-79(84)62-54-46-39-33-35-43-51-59-73(5)6)70-96-100(88,89)94-66-76(83)67-95-101(90,91)97-71-78(69-93-80(85)63-55-47-41-40-45-53-61-75(8)10-2)99-82(87)65-57-49-38-32-28-24-20-16-15-17-21-25-29-34-42-50-58-72(3)4/h72-78,83H,9-71H2,1-8H3,(H,88,89)(H,90,91)/t74?,75?,76-,77-,78-/m1/s1. The first-order valence-electron chi connectivity index (χ1n) is 42.3. The third-order valence-corrected chi connectivity index (χ3v) is 21.7. The van der Waals surface area contributed by atoms with E-state index in [2.05, 4.69) is 55.4 Å². The molecule has 0 aromatic carbocycles. The lowest BCUT2D eigenvalue weighted by Gasteiger charge is -2.21. The molecule has 0 aliphatic rings. The van der Waals surface area contributed by atoms with E-state index < -0.39 is 97.5 Å². The maximum Gasteiger partial charge on any atom is 0.472 e. The van der Waals surface area contributed by atoms with Crippen LogP contribution in [-0.2, 0) is 65.4 Å². The molecule has 101 heavy (non-hydrogen) atoms. The largest absolute Gasteiger partial charge is 0.472 e. The molecule has 0 rings (SSSR count). The fourth-order valence-corrected chi connectivity index (χ4v) is 14.1. The van der Waals surface area contributed by atoms with E-state index in [9.17, 15) is 43.2 Å². The van der Waals surface area contributed by atoms with Gasteiger partial charge in [-0.1, -0.05) is 370 Å². The van der Waals surface area contributed by atoms with Crippen molar-refractivity contribution in [2.45, 2.75) is 440 Å². The minimum Gasteiger partial charge on any atom is -0.462 e.